The fourth-order valence-electron chi connectivity index (χ4n) is 2.19. The van der Waals surface area contributed by atoms with Crippen LogP contribution in [-0.2, 0) is 11.3 Å². The van der Waals surface area contributed by atoms with Gasteiger partial charge in [-0.1, -0.05) is 18.2 Å². The second-order valence-corrected chi connectivity index (χ2v) is 4.97. The molecule has 0 fully saturated rings. The third-order valence-corrected chi connectivity index (χ3v) is 3.31. The van der Waals surface area contributed by atoms with Crippen LogP contribution in [0, 0.1) is 0 Å². The summed E-state index contributed by atoms with van der Waals surface area (Å²) >= 11 is 0. The number of hydrogen-bond donors (Lipinski definition) is 1. The van der Waals surface area contributed by atoms with E-state index in [4.69, 9.17) is 9.47 Å². The number of carbonyl (C=O) groups excluding carboxylic acids is 1. The molecule has 0 saturated carbocycles. The summed E-state index contributed by atoms with van der Waals surface area (Å²) in [6.45, 7) is 0.696. The normalized spacial score (nSPS) is 16.1. The third kappa shape index (κ3) is 3.28. The van der Waals surface area contributed by atoms with Crippen molar-refractivity contribution < 1.29 is 14.3 Å². The monoisotopic (exact) mass is 300 g/mol. The largest absolute Gasteiger partial charge is 0.486 e. The highest BCUT2D eigenvalue weighted by Gasteiger charge is 2.20. The van der Waals surface area contributed by atoms with Crippen molar-refractivity contribution in [2.75, 3.05) is 13.2 Å². The highest BCUT2D eigenvalue weighted by atomic mass is 16.6. The molecule has 1 aromatic heterocycles. The van der Waals surface area contributed by atoms with Gasteiger partial charge in [0.1, 0.15) is 19.3 Å². The van der Waals surface area contributed by atoms with E-state index >= 15 is 0 Å². The number of pyridine rings is 1. The summed E-state index contributed by atoms with van der Waals surface area (Å²) < 4.78 is 12.7. The molecule has 0 bridgehead atoms. The molecular formula is C16H16N2O4. The van der Waals surface area contributed by atoms with Crippen LogP contribution < -0.4 is 20.3 Å². The predicted molar refractivity (Wildman–Crippen MR) is 80.1 cm³/mol. The quantitative estimate of drug-likeness (QED) is 0.907. The molecule has 2 heterocycles. The summed E-state index contributed by atoms with van der Waals surface area (Å²) in [5.41, 5.74) is -0.205. The van der Waals surface area contributed by atoms with E-state index in [1.807, 2.05) is 24.3 Å². The zero-order chi connectivity index (χ0) is 15.4. The van der Waals surface area contributed by atoms with Crippen molar-refractivity contribution in [3.63, 3.8) is 0 Å². The van der Waals surface area contributed by atoms with Gasteiger partial charge in [0, 0.05) is 12.3 Å². The fraction of sp³-hybridized carbons (Fsp3) is 0.250. The van der Waals surface area contributed by atoms with Crippen LogP contribution in [0.5, 0.6) is 11.5 Å². The van der Waals surface area contributed by atoms with Crippen molar-refractivity contribution >= 4 is 5.91 Å². The van der Waals surface area contributed by atoms with Crippen LogP contribution in [-0.4, -0.2) is 29.7 Å². The Bertz CT molecular complexity index is 726. The van der Waals surface area contributed by atoms with Crippen LogP contribution in [0.25, 0.3) is 0 Å². The van der Waals surface area contributed by atoms with Gasteiger partial charge in [-0.2, -0.15) is 0 Å². The van der Waals surface area contributed by atoms with Gasteiger partial charge in [0.25, 0.3) is 5.56 Å². The standard InChI is InChI=1S/C16H16N2O4/c19-15(10-18-8-4-3-7-16(18)20)17-9-12-11-21-13-5-1-2-6-14(13)22-12/h1-8,12H,9-11H2,(H,17,19). The number of carbonyl (C=O) groups is 1. The number of nitrogens with one attached hydrogen (secondary N) is 1. The van der Waals surface area contributed by atoms with Crippen LogP contribution in [0.15, 0.2) is 53.5 Å². The van der Waals surface area contributed by atoms with Crippen molar-refractivity contribution in [1.82, 2.24) is 9.88 Å². The Morgan fingerprint density at radius 1 is 1.18 bits per heavy atom. The number of para-hydroxylation sites is 2. The summed E-state index contributed by atoms with van der Waals surface area (Å²) in [5, 5.41) is 2.76. The molecule has 3 rings (SSSR count). The number of ether oxygens (including phenoxy) is 2. The van der Waals surface area contributed by atoms with E-state index < -0.39 is 0 Å². The maximum Gasteiger partial charge on any atom is 0.250 e. The summed E-state index contributed by atoms with van der Waals surface area (Å²) in [6, 6.07) is 12.2. The highest BCUT2D eigenvalue weighted by Crippen LogP contribution is 2.30. The molecule has 0 spiro atoms. The summed E-state index contributed by atoms with van der Waals surface area (Å²) in [5.74, 6) is 1.14. The first-order valence-corrected chi connectivity index (χ1v) is 7.03. The first kappa shape index (κ1) is 14.2. The minimum absolute atomic E-state index is 0.0101. The fourth-order valence-corrected chi connectivity index (χ4v) is 2.19. The first-order chi connectivity index (χ1) is 10.7. The Kier molecular flexibility index (Phi) is 4.09. The van der Waals surface area contributed by atoms with Crippen LogP contribution in [0.1, 0.15) is 0 Å². The number of amides is 1. The molecule has 0 saturated heterocycles. The average molecular weight is 300 g/mol. The molecule has 1 unspecified atom stereocenters. The topological polar surface area (TPSA) is 69.6 Å². The number of aromatic nitrogens is 1. The van der Waals surface area contributed by atoms with Gasteiger partial charge in [-0.05, 0) is 18.2 Å². The predicted octanol–water partition coefficient (Wildman–Crippen LogP) is 0.804. The average Bonchev–Trinajstić information content (AvgIpc) is 2.55. The summed E-state index contributed by atoms with van der Waals surface area (Å²) in [7, 11) is 0. The maximum atomic E-state index is 11.9. The van der Waals surface area contributed by atoms with E-state index in [1.165, 1.54) is 10.6 Å². The molecule has 2 aromatic rings. The number of fused-ring (bicyclic) bond motifs is 1. The summed E-state index contributed by atoms with van der Waals surface area (Å²) in [6.07, 6.45) is 1.34. The van der Waals surface area contributed by atoms with Crippen LogP contribution in [0.2, 0.25) is 0 Å². The van der Waals surface area contributed by atoms with E-state index in [1.54, 1.807) is 18.3 Å². The van der Waals surface area contributed by atoms with E-state index in [9.17, 15) is 9.59 Å². The molecule has 114 valence electrons. The van der Waals surface area contributed by atoms with Crippen LogP contribution in [0.4, 0.5) is 0 Å². The molecule has 1 aliphatic rings. The first-order valence-electron chi connectivity index (χ1n) is 7.03. The van der Waals surface area contributed by atoms with Gasteiger partial charge in [-0.15, -0.1) is 0 Å². The Morgan fingerprint density at radius 3 is 2.77 bits per heavy atom. The zero-order valence-corrected chi connectivity index (χ0v) is 11.9. The lowest BCUT2D eigenvalue weighted by Gasteiger charge is -2.26. The molecule has 6 heteroatoms. The van der Waals surface area contributed by atoms with Gasteiger partial charge in [-0.25, -0.2) is 0 Å². The SMILES string of the molecule is O=C(Cn1ccccc1=O)NCC1COc2ccccc2O1. The molecule has 22 heavy (non-hydrogen) atoms. The molecule has 1 N–H and O–H groups in total. The molecule has 1 aromatic carbocycles. The molecule has 1 atom stereocenters. The molecule has 1 amide bonds. The van der Waals surface area contributed by atoms with Crippen molar-refractivity contribution in [3.8, 4) is 11.5 Å². The second kappa shape index (κ2) is 6.34. The number of benzene rings is 1. The van der Waals surface area contributed by atoms with Gasteiger partial charge in [0.05, 0.1) is 6.54 Å². The molecule has 0 radical (unpaired) electrons. The lowest BCUT2D eigenvalue weighted by molar-refractivity contribution is -0.122. The second-order valence-electron chi connectivity index (χ2n) is 4.97. The Morgan fingerprint density at radius 2 is 1.95 bits per heavy atom. The third-order valence-electron chi connectivity index (χ3n) is 3.31. The van der Waals surface area contributed by atoms with Gasteiger partial charge in [0.15, 0.2) is 11.5 Å². The molecular weight excluding hydrogens is 284 g/mol. The van der Waals surface area contributed by atoms with Crippen LogP contribution >= 0.6 is 0 Å². The van der Waals surface area contributed by atoms with Crippen molar-refractivity contribution in [3.05, 3.63) is 59.0 Å². The van der Waals surface area contributed by atoms with Gasteiger partial charge >= 0.3 is 0 Å². The van der Waals surface area contributed by atoms with Gasteiger partial charge in [0.2, 0.25) is 5.91 Å². The van der Waals surface area contributed by atoms with Crippen LogP contribution in [0.3, 0.4) is 0 Å². The van der Waals surface area contributed by atoms with Gasteiger partial charge < -0.3 is 19.4 Å². The Labute approximate surface area is 127 Å². The summed E-state index contributed by atoms with van der Waals surface area (Å²) in [4.78, 5) is 23.4. The van der Waals surface area contributed by atoms with E-state index in [0.29, 0.717) is 24.7 Å². The van der Waals surface area contributed by atoms with Gasteiger partial charge in [-0.3, -0.25) is 9.59 Å². The lowest BCUT2D eigenvalue weighted by atomic mass is 10.2. The smallest absolute Gasteiger partial charge is 0.250 e. The molecule has 6 nitrogen and oxygen atoms in total. The van der Waals surface area contributed by atoms with E-state index in [0.717, 1.165) is 0 Å². The highest BCUT2D eigenvalue weighted by molar-refractivity contribution is 5.75. The Hall–Kier alpha value is -2.76. The van der Waals surface area contributed by atoms with Crippen molar-refractivity contribution in [2.45, 2.75) is 12.6 Å². The van der Waals surface area contributed by atoms with Crippen molar-refractivity contribution in [1.29, 1.82) is 0 Å². The minimum Gasteiger partial charge on any atom is -0.486 e. The minimum atomic E-state index is -0.244. The van der Waals surface area contributed by atoms with Crippen molar-refractivity contribution in [2.24, 2.45) is 0 Å². The zero-order valence-electron chi connectivity index (χ0n) is 11.9. The lowest BCUT2D eigenvalue weighted by Crippen LogP contribution is -2.42. The molecule has 0 aliphatic carbocycles. The number of nitrogens with zero attached hydrogens (tertiary/aromatic N) is 1. The van der Waals surface area contributed by atoms with E-state index in [2.05, 4.69) is 5.32 Å². The number of hydrogen-bond acceptors (Lipinski definition) is 4. The Balaban J connectivity index is 1.52. The molecule has 1 aliphatic heterocycles. The number of rotatable bonds is 4. The van der Waals surface area contributed by atoms with E-state index in [-0.39, 0.29) is 24.1 Å². The maximum absolute atomic E-state index is 11.9.